The fourth-order valence-corrected chi connectivity index (χ4v) is 9.67. The van der Waals surface area contributed by atoms with Gasteiger partial charge in [0.25, 0.3) is 0 Å². The Kier molecular flexibility index (Phi) is 13.5. The molecule has 1 aliphatic carbocycles. The van der Waals surface area contributed by atoms with Gasteiger partial charge < -0.3 is 14.0 Å². The van der Waals surface area contributed by atoms with Crippen LogP contribution in [-0.4, -0.2) is 14.5 Å². The van der Waals surface area contributed by atoms with Crippen LogP contribution < -0.4 is 0 Å². The monoisotopic (exact) mass is 1110 g/mol. The second kappa shape index (κ2) is 20.0. The van der Waals surface area contributed by atoms with Crippen LogP contribution in [0.4, 0.5) is 13.2 Å². The number of pyridine rings is 1. The maximum atomic E-state index is 14.2. The molecule has 8 heteroatoms. The van der Waals surface area contributed by atoms with Gasteiger partial charge in [-0.3, -0.25) is 4.98 Å². The molecule has 1 saturated carbocycles. The molecule has 0 amide bonds. The van der Waals surface area contributed by atoms with E-state index in [1.807, 2.05) is 54.6 Å². The Morgan fingerprint density at radius 3 is 2.04 bits per heavy atom. The van der Waals surface area contributed by atoms with Crippen LogP contribution in [0.5, 0.6) is 0 Å². The van der Waals surface area contributed by atoms with Crippen molar-refractivity contribution >= 4 is 33.0 Å². The summed E-state index contributed by atoms with van der Waals surface area (Å²) in [4.78, 5) is 9.23. The minimum atomic E-state index is -0.888. The number of fused-ring (bicyclic) bond motifs is 4. The SMILES string of the molecule is Fc1ccc(-c2[c-]cccc2)nc1.[2H]C1(c2ccc(-c3cc(C(C)C)c(-n4c(-c5[c-]ccc6c5oc5cc(-c7ccc(F)c(F)c7)ccc56)nc5ccccc54)c(C(C)C)c3)cc2)CCC(C)(C)CC1.[Ir]. The van der Waals surface area contributed by atoms with Crippen LogP contribution in [0.25, 0.3) is 83.6 Å². The van der Waals surface area contributed by atoms with Crippen LogP contribution in [-0.2, 0) is 20.1 Å². The molecule has 1 radical (unpaired) electrons. The third kappa shape index (κ3) is 9.64. The van der Waals surface area contributed by atoms with E-state index in [2.05, 4.69) is 118 Å². The first-order chi connectivity index (χ1) is 33.7. The van der Waals surface area contributed by atoms with E-state index in [1.165, 1.54) is 29.5 Å². The molecule has 1 aliphatic rings. The number of nitrogens with zero attached hydrogens (tertiary/aromatic N) is 3. The smallest absolute Gasteiger partial charge is 0.159 e. The van der Waals surface area contributed by atoms with Crippen LogP contribution >= 0.6 is 0 Å². The van der Waals surface area contributed by atoms with Gasteiger partial charge in [-0.1, -0.05) is 113 Å². The number of rotatable bonds is 8. The molecule has 11 rings (SSSR count). The Hall–Kier alpha value is -6.60. The molecule has 0 unspecified atom stereocenters. The van der Waals surface area contributed by atoms with E-state index in [0.717, 1.165) is 104 Å². The largest absolute Gasteiger partial charge is 0.501 e. The predicted molar refractivity (Wildman–Crippen MR) is 275 cm³/mol. The number of furan rings is 1. The average Bonchev–Trinajstić information content (AvgIpc) is 3.94. The van der Waals surface area contributed by atoms with Crippen LogP contribution in [0.15, 0.2) is 156 Å². The zero-order valence-corrected chi connectivity index (χ0v) is 42.5. The van der Waals surface area contributed by atoms with E-state index in [-0.39, 0.29) is 37.8 Å². The second-order valence-corrected chi connectivity index (χ2v) is 19.6. The molecule has 3 heterocycles. The first kappa shape index (κ1) is 47.1. The van der Waals surface area contributed by atoms with Crippen LogP contribution in [0.3, 0.4) is 0 Å². The van der Waals surface area contributed by atoms with Crippen LogP contribution in [0.2, 0.25) is 0 Å². The summed E-state index contributed by atoms with van der Waals surface area (Å²) in [6, 6.07) is 52.4. The first-order valence-corrected chi connectivity index (χ1v) is 23.8. The fourth-order valence-electron chi connectivity index (χ4n) is 9.67. The number of imidazole rings is 1. The third-order valence-corrected chi connectivity index (χ3v) is 13.7. The topological polar surface area (TPSA) is 43.9 Å². The quantitative estimate of drug-likeness (QED) is 0.142. The number of hydrogen-bond donors (Lipinski definition) is 0. The van der Waals surface area contributed by atoms with Crippen molar-refractivity contribution in [1.29, 1.82) is 0 Å². The normalized spacial score (nSPS) is 14.4. The molecule has 7 aromatic carbocycles. The molecule has 4 nitrogen and oxygen atoms in total. The predicted octanol–water partition coefficient (Wildman–Crippen LogP) is 17.6. The molecule has 0 bridgehead atoms. The van der Waals surface area contributed by atoms with Gasteiger partial charge in [-0.25, -0.2) is 13.2 Å². The molecule has 0 N–H and O–H groups in total. The van der Waals surface area contributed by atoms with Crippen molar-refractivity contribution in [2.45, 2.75) is 85.0 Å². The van der Waals surface area contributed by atoms with Crippen molar-refractivity contribution in [2.75, 3.05) is 0 Å². The summed E-state index contributed by atoms with van der Waals surface area (Å²) in [6.07, 6.45) is 5.13. The third-order valence-electron chi connectivity index (χ3n) is 13.7. The van der Waals surface area contributed by atoms with Gasteiger partial charge in [0, 0.05) is 32.5 Å². The van der Waals surface area contributed by atoms with Crippen molar-refractivity contribution < 1.29 is 39.1 Å². The summed E-state index contributed by atoms with van der Waals surface area (Å²) in [5.74, 6) is -1.51. The molecule has 0 aliphatic heterocycles. The number of para-hydroxylation sites is 2. The van der Waals surface area contributed by atoms with E-state index in [9.17, 15) is 14.5 Å². The summed E-state index contributed by atoms with van der Waals surface area (Å²) in [7, 11) is 0. The summed E-state index contributed by atoms with van der Waals surface area (Å²) >= 11 is 0. The molecular formula is C62H54F3IrN3O-2. The molecule has 0 atom stereocenters. The number of hydrogen-bond acceptors (Lipinski definition) is 3. The summed E-state index contributed by atoms with van der Waals surface area (Å²) in [5, 5.41) is 1.84. The van der Waals surface area contributed by atoms with E-state index in [0.29, 0.717) is 22.1 Å². The molecule has 1 fully saturated rings. The molecule has 10 aromatic rings. The van der Waals surface area contributed by atoms with E-state index in [4.69, 9.17) is 9.40 Å². The van der Waals surface area contributed by atoms with Crippen molar-refractivity contribution in [3.63, 3.8) is 0 Å². The summed E-state index contributed by atoms with van der Waals surface area (Å²) in [5.41, 5.74) is 14.1. The molecule has 3 aromatic heterocycles. The minimum Gasteiger partial charge on any atom is -0.501 e. The van der Waals surface area contributed by atoms with Gasteiger partial charge in [0.05, 0.1) is 28.6 Å². The van der Waals surface area contributed by atoms with Crippen molar-refractivity contribution in [1.82, 2.24) is 14.5 Å². The minimum absolute atomic E-state index is 0. The molecular weight excluding hydrogens is 1050 g/mol. The molecule has 0 saturated heterocycles. The standard InChI is InChI=1S/C51H47F2N2O.C11H7FN.Ir/c1-30(2)41-26-37(33-16-14-32(15-17-33)34-22-24-51(5,6)25-23-34)27-42(31(3)4)48(41)55-46-13-8-7-12-45(46)54-50(55)40-11-9-10-39-38-20-18-36(29-47(38)56-49(39)40)35-19-21-43(52)44(53)28-35;12-10-6-7-11(13-8-10)9-4-2-1-3-5-9;/h7-10,12-21,26-31,34H,22-25H2,1-6H3;1-4,6-8H;/q2*-1;/i34D;;. The van der Waals surface area contributed by atoms with E-state index < -0.39 is 17.5 Å². The van der Waals surface area contributed by atoms with Gasteiger partial charge >= 0.3 is 0 Å². The average molecular weight is 1110 g/mol. The zero-order valence-electron chi connectivity index (χ0n) is 41.1. The Morgan fingerprint density at radius 2 is 1.37 bits per heavy atom. The second-order valence-electron chi connectivity index (χ2n) is 19.6. The Morgan fingerprint density at radius 1 is 0.686 bits per heavy atom. The Balaban J connectivity index is 0.000000386. The Labute approximate surface area is 423 Å². The van der Waals surface area contributed by atoms with E-state index >= 15 is 0 Å². The van der Waals surface area contributed by atoms with Gasteiger partial charge in [-0.05, 0) is 142 Å². The zero-order chi connectivity index (χ0) is 48.9. The molecule has 70 heavy (non-hydrogen) atoms. The van der Waals surface area contributed by atoms with Crippen molar-refractivity contribution in [3.8, 4) is 50.6 Å². The number of halogens is 3. The van der Waals surface area contributed by atoms with Gasteiger partial charge in [0.2, 0.25) is 0 Å². The maximum Gasteiger partial charge on any atom is 0.159 e. The van der Waals surface area contributed by atoms with Crippen molar-refractivity contribution in [2.24, 2.45) is 5.41 Å². The van der Waals surface area contributed by atoms with Crippen LogP contribution in [0, 0.1) is 35.0 Å². The fraction of sp³-hybridized carbons (Fsp3) is 0.226. The van der Waals surface area contributed by atoms with Crippen LogP contribution in [0.1, 0.15) is 103 Å². The maximum absolute atomic E-state index is 14.2. The van der Waals surface area contributed by atoms with Gasteiger partial charge in [0.15, 0.2) is 11.6 Å². The van der Waals surface area contributed by atoms with E-state index in [1.54, 1.807) is 18.2 Å². The summed E-state index contributed by atoms with van der Waals surface area (Å²) in [6.45, 7) is 13.6. The number of benzene rings is 7. The summed E-state index contributed by atoms with van der Waals surface area (Å²) < 4.78 is 58.8. The van der Waals surface area contributed by atoms with Crippen molar-refractivity contribution in [3.05, 3.63) is 198 Å². The van der Waals surface area contributed by atoms with Gasteiger partial charge in [0.1, 0.15) is 11.4 Å². The molecule has 355 valence electrons. The molecule has 0 spiro atoms. The van der Waals surface area contributed by atoms with Gasteiger partial charge in [-0.15, -0.1) is 54.1 Å². The van der Waals surface area contributed by atoms with Gasteiger partial charge in [-0.2, -0.15) is 0 Å². The first-order valence-electron chi connectivity index (χ1n) is 24.3. The Bertz CT molecular complexity index is 3490. The number of aromatic nitrogens is 3.